The first-order valence-corrected chi connectivity index (χ1v) is 2.98. The molecule has 0 amide bonds. The van der Waals surface area contributed by atoms with Gasteiger partial charge in [-0.2, -0.15) is 0 Å². The monoisotopic (exact) mass is 162 g/mol. The van der Waals surface area contributed by atoms with Crippen molar-refractivity contribution < 1.29 is 24.2 Å². The van der Waals surface area contributed by atoms with Crippen LogP contribution in [0, 0.1) is 0 Å². The average Bonchev–Trinajstić information content (AvgIpc) is 1.98. The van der Waals surface area contributed by atoms with E-state index in [4.69, 9.17) is 5.11 Å². The average molecular weight is 162 g/mol. The van der Waals surface area contributed by atoms with Crippen molar-refractivity contribution in [3.63, 3.8) is 0 Å². The zero-order valence-electron chi connectivity index (χ0n) is 6.31. The van der Waals surface area contributed by atoms with Gasteiger partial charge < -0.3 is 14.6 Å². The van der Waals surface area contributed by atoms with Gasteiger partial charge in [0.2, 0.25) is 6.10 Å². The van der Waals surface area contributed by atoms with Gasteiger partial charge in [0.05, 0.1) is 13.2 Å². The first kappa shape index (κ1) is 9.90. The first-order chi connectivity index (χ1) is 5.13. The number of aliphatic hydroxyl groups is 1. The van der Waals surface area contributed by atoms with Gasteiger partial charge in [0.15, 0.2) is 0 Å². The number of ether oxygens (including phenoxy) is 2. The Morgan fingerprint density at radius 2 is 2.18 bits per heavy atom. The summed E-state index contributed by atoms with van der Waals surface area (Å²) in [4.78, 5) is 20.5. The highest BCUT2D eigenvalue weighted by molar-refractivity contribution is 5.76. The first-order valence-electron chi connectivity index (χ1n) is 2.98. The maximum absolute atomic E-state index is 10.7. The van der Waals surface area contributed by atoms with Crippen LogP contribution in [-0.4, -0.2) is 36.9 Å². The molecule has 0 saturated carbocycles. The zero-order chi connectivity index (χ0) is 8.85. The van der Waals surface area contributed by atoms with Crippen LogP contribution in [0.15, 0.2) is 0 Å². The highest BCUT2D eigenvalue weighted by Gasteiger charge is 2.25. The van der Waals surface area contributed by atoms with Crippen molar-refractivity contribution >= 4 is 12.4 Å². The number of carbonyl (C=O) groups is 2. The number of hydrogen-bond donors (Lipinski definition) is 1. The minimum atomic E-state index is -1.22. The summed E-state index contributed by atoms with van der Waals surface area (Å²) in [6.07, 6.45) is -2.29. The van der Waals surface area contributed by atoms with Crippen molar-refractivity contribution in [1.29, 1.82) is 0 Å². The Balaban J connectivity index is 4.08. The van der Waals surface area contributed by atoms with Crippen LogP contribution in [-0.2, 0) is 19.1 Å². The number of methoxy groups -OCH3 is 1. The molecule has 0 aliphatic carbocycles. The molecule has 0 aromatic carbocycles. The Morgan fingerprint density at radius 1 is 1.64 bits per heavy atom. The van der Waals surface area contributed by atoms with E-state index in [-0.39, 0.29) is 6.47 Å². The molecule has 0 aliphatic heterocycles. The smallest absolute Gasteiger partial charge is 0.349 e. The SMILES string of the molecule is COC(=O)C(OC=O)C(C)O. The van der Waals surface area contributed by atoms with E-state index in [1.54, 1.807) is 0 Å². The number of rotatable bonds is 4. The summed E-state index contributed by atoms with van der Waals surface area (Å²) in [5.74, 6) is -0.771. The maximum Gasteiger partial charge on any atom is 0.349 e. The molecule has 0 aromatic heterocycles. The van der Waals surface area contributed by atoms with Crippen LogP contribution in [0.4, 0.5) is 0 Å². The molecule has 5 heteroatoms. The van der Waals surface area contributed by atoms with Crippen LogP contribution in [0.1, 0.15) is 6.92 Å². The van der Waals surface area contributed by atoms with Crippen molar-refractivity contribution in [3.8, 4) is 0 Å². The molecule has 0 bridgehead atoms. The van der Waals surface area contributed by atoms with Gasteiger partial charge in [-0.15, -0.1) is 0 Å². The van der Waals surface area contributed by atoms with Crippen LogP contribution < -0.4 is 0 Å². The van der Waals surface area contributed by atoms with E-state index >= 15 is 0 Å². The van der Waals surface area contributed by atoms with Gasteiger partial charge in [-0.3, -0.25) is 4.79 Å². The zero-order valence-corrected chi connectivity index (χ0v) is 6.31. The van der Waals surface area contributed by atoms with Crippen LogP contribution >= 0.6 is 0 Å². The fraction of sp³-hybridized carbons (Fsp3) is 0.667. The van der Waals surface area contributed by atoms with Gasteiger partial charge in [-0.25, -0.2) is 4.79 Å². The molecule has 0 rings (SSSR count). The second kappa shape index (κ2) is 4.68. The van der Waals surface area contributed by atoms with E-state index in [1.165, 1.54) is 6.92 Å². The third-order valence-corrected chi connectivity index (χ3v) is 1.07. The van der Waals surface area contributed by atoms with E-state index in [2.05, 4.69) is 9.47 Å². The molecule has 2 atom stereocenters. The molecule has 0 aromatic rings. The second-order valence-electron chi connectivity index (χ2n) is 1.92. The van der Waals surface area contributed by atoms with E-state index in [9.17, 15) is 9.59 Å². The van der Waals surface area contributed by atoms with Crippen LogP contribution in [0.2, 0.25) is 0 Å². The third kappa shape index (κ3) is 2.99. The third-order valence-electron chi connectivity index (χ3n) is 1.07. The standard InChI is InChI=1S/C6H10O5/c1-4(8)5(11-3-7)6(9)10-2/h3-5,8H,1-2H3. The van der Waals surface area contributed by atoms with Gasteiger partial charge in [-0.05, 0) is 6.92 Å². The minimum Gasteiger partial charge on any atom is -0.466 e. The lowest BCUT2D eigenvalue weighted by atomic mass is 10.2. The Bertz CT molecular complexity index is 142. The minimum absolute atomic E-state index is 0.0916. The molecule has 1 N–H and O–H groups in total. The van der Waals surface area contributed by atoms with Gasteiger partial charge in [0.25, 0.3) is 6.47 Å². The van der Waals surface area contributed by atoms with Crippen LogP contribution in [0.3, 0.4) is 0 Å². The largest absolute Gasteiger partial charge is 0.466 e. The van der Waals surface area contributed by atoms with Gasteiger partial charge in [0.1, 0.15) is 0 Å². The van der Waals surface area contributed by atoms with Gasteiger partial charge >= 0.3 is 5.97 Å². The summed E-state index contributed by atoms with van der Waals surface area (Å²) in [6.45, 7) is 1.42. The lowest BCUT2D eigenvalue weighted by Gasteiger charge is -2.14. The lowest BCUT2D eigenvalue weighted by molar-refractivity contribution is -0.165. The Morgan fingerprint density at radius 3 is 2.45 bits per heavy atom. The van der Waals surface area contributed by atoms with Gasteiger partial charge in [-0.1, -0.05) is 0 Å². The highest BCUT2D eigenvalue weighted by Crippen LogP contribution is 1.99. The van der Waals surface area contributed by atoms with Crippen molar-refractivity contribution in [1.82, 2.24) is 0 Å². The molecule has 64 valence electrons. The lowest BCUT2D eigenvalue weighted by Crippen LogP contribution is -2.35. The molecular weight excluding hydrogens is 152 g/mol. The van der Waals surface area contributed by atoms with Crippen molar-refractivity contribution in [3.05, 3.63) is 0 Å². The van der Waals surface area contributed by atoms with Gasteiger partial charge in [0, 0.05) is 0 Å². The predicted octanol–water partition coefficient (Wildman–Crippen LogP) is -0.918. The van der Waals surface area contributed by atoms with Crippen molar-refractivity contribution in [2.24, 2.45) is 0 Å². The molecular formula is C6H10O5. The molecule has 0 aliphatic rings. The summed E-state index contributed by atoms with van der Waals surface area (Å²) in [7, 11) is 1.14. The molecule has 5 nitrogen and oxygen atoms in total. The molecule has 0 radical (unpaired) electrons. The maximum atomic E-state index is 10.7. The summed E-state index contributed by atoms with van der Waals surface area (Å²) in [5.41, 5.74) is 0. The molecule has 11 heavy (non-hydrogen) atoms. The fourth-order valence-corrected chi connectivity index (χ4v) is 0.542. The fourth-order valence-electron chi connectivity index (χ4n) is 0.542. The molecule has 0 saturated heterocycles. The van der Waals surface area contributed by atoms with E-state index < -0.39 is 18.2 Å². The summed E-state index contributed by atoms with van der Waals surface area (Å²) < 4.78 is 8.49. The van der Waals surface area contributed by atoms with E-state index in [0.29, 0.717) is 0 Å². The summed E-state index contributed by atoms with van der Waals surface area (Å²) >= 11 is 0. The highest BCUT2D eigenvalue weighted by atomic mass is 16.6. The molecule has 0 spiro atoms. The normalized spacial score (nSPS) is 14.8. The van der Waals surface area contributed by atoms with E-state index in [0.717, 1.165) is 7.11 Å². The molecule has 0 heterocycles. The molecule has 2 unspecified atom stereocenters. The summed E-state index contributed by atoms with van der Waals surface area (Å²) in [6, 6.07) is 0. The Labute approximate surface area is 63.9 Å². The number of hydrogen-bond acceptors (Lipinski definition) is 5. The quantitative estimate of drug-likeness (QED) is 0.427. The number of esters is 1. The van der Waals surface area contributed by atoms with Crippen LogP contribution in [0.5, 0.6) is 0 Å². The number of carbonyl (C=O) groups excluding carboxylic acids is 2. The van der Waals surface area contributed by atoms with Crippen molar-refractivity contribution in [2.45, 2.75) is 19.1 Å². The predicted molar refractivity (Wildman–Crippen MR) is 34.6 cm³/mol. The van der Waals surface area contributed by atoms with Crippen molar-refractivity contribution in [2.75, 3.05) is 7.11 Å². The van der Waals surface area contributed by atoms with E-state index in [1.807, 2.05) is 0 Å². The second-order valence-corrected chi connectivity index (χ2v) is 1.92. The molecule has 0 fully saturated rings. The summed E-state index contributed by atoms with van der Waals surface area (Å²) in [5, 5.41) is 8.86. The Kier molecular flexibility index (Phi) is 4.21. The topological polar surface area (TPSA) is 72.8 Å². The Hall–Kier alpha value is -1.10. The number of aliphatic hydroxyl groups excluding tert-OH is 1. The van der Waals surface area contributed by atoms with Crippen LogP contribution in [0.25, 0.3) is 0 Å².